The SMILES string of the molecule is C.CC(C)C(C)c1ccccc1.Cc1cc(F)cc(CC(C)C)c1.Cc1ccc(C(C)C(C)C)cc1. The number of rotatable bonds is 6. The molecule has 0 N–H and O–H groups in total. The van der Waals surface area contributed by atoms with Gasteiger partial charge in [-0.15, -0.1) is 0 Å². The van der Waals surface area contributed by atoms with Crippen LogP contribution in [0.4, 0.5) is 4.39 Å². The van der Waals surface area contributed by atoms with Crippen LogP contribution in [0.15, 0.2) is 72.8 Å². The van der Waals surface area contributed by atoms with Gasteiger partial charge in [-0.05, 0) is 84.2 Å². The van der Waals surface area contributed by atoms with Crippen molar-refractivity contribution in [1.29, 1.82) is 0 Å². The number of hydrogen-bond acceptors (Lipinski definition) is 0. The quantitative estimate of drug-likeness (QED) is 0.321. The van der Waals surface area contributed by atoms with Crippen molar-refractivity contribution < 1.29 is 4.39 Å². The van der Waals surface area contributed by atoms with Crippen molar-refractivity contribution in [1.82, 2.24) is 0 Å². The minimum Gasteiger partial charge on any atom is -0.207 e. The van der Waals surface area contributed by atoms with Gasteiger partial charge in [0.05, 0.1) is 0 Å². The molecule has 0 spiro atoms. The van der Waals surface area contributed by atoms with Crippen LogP contribution in [0.1, 0.15) is 102 Å². The molecule has 200 valence electrons. The Balaban J connectivity index is 0.000000504. The Bertz CT molecular complexity index is 931. The van der Waals surface area contributed by atoms with Crippen molar-refractivity contribution >= 4 is 0 Å². The summed E-state index contributed by atoms with van der Waals surface area (Å²) in [7, 11) is 0. The molecule has 0 radical (unpaired) electrons. The van der Waals surface area contributed by atoms with Crippen molar-refractivity contribution in [2.24, 2.45) is 17.8 Å². The Morgan fingerprint density at radius 1 is 0.583 bits per heavy atom. The van der Waals surface area contributed by atoms with Crippen LogP contribution in [0, 0.1) is 37.4 Å². The van der Waals surface area contributed by atoms with Crippen molar-refractivity contribution in [3.05, 3.63) is 106 Å². The second-order valence-corrected chi connectivity index (χ2v) is 11.1. The van der Waals surface area contributed by atoms with Crippen LogP contribution in [0.3, 0.4) is 0 Å². The molecule has 0 heterocycles. The summed E-state index contributed by atoms with van der Waals surface area (Å²) in [6, 6.07) is 24.7. The zero-order valence-corrected chi connectivity index (χ0v) is 23.9. The van der Waals surface area contributed by atoms with Gasteiger partial charge < -0.3 is 0 Å². The monoisotopic (exact) mass is 492 g/mol. The van der Waals surface area contributed by atoms with Gasteiger partial charge in [0.25, 0.3) is 0 Å². The van der Waals surface area contributed by atoms with E-state index >= 15 is 0 Å². The molecule has 0 bridgehead atoms. The van der Waals surface area contributed by atoms with Gasteiger partial charge in [0.2, 0.25) is 0 Å². The third-order valence-electron chi connectivity index (χ3n) is 6.67. The third-order valence-corrected chi connectivity index (χ3v) is 6.67. The lowest BCUT2D eigenvalue weighted by molar-refractivity contribution is 0.535. The van der Waals surface area contributed by atoms with Crippen LogP contribution in [-0.4, -0.2) is 0 Å². The first-order valence-corrected chi connectivity index (χ1v) is 13.3. The number of halogens is 1. The van der Waals surface area contributed by atoms with E-state index in [-0.39, 0.29) is 13.2 Å². The standard InChI is InChI=1S/C12H18.C11H15F.C11H16.CH4/c1-9(2)11(4)12-7-5-10(3)6-8-12;1-8(2)4-10-5-9(3)6-11(12)7-10;1-9(2)10(3)11-7-5-4-6-8-11;/h5-9,11H,1-4H3;5-8H,4H2,1-3H3;4-10H,1-3H3;1H4. The van der Waals surface area contributed by atoms with Crippen molar-refractivity contribution in [2.75, 3.05) is 0 Å². The Morgan fingerprint density at radius 3 is 1.47 bits per heavy atom. The predicted octanol–water partition coefficient (Wildman–Crippen LogP) is 11.2. The normalized spacial score (nSPS) is 12.2. The fourth-order valence-electron chi connectivity index (χ4n) is 3.80. The summed E-state index contributed by atoms with van der Waals surface area (Å²) in [6.45, 7) is 22.0. The first-order valence-electron chi connectivity index (χ1n) is 13.3. The molecule has 0 fully saturated rings. The highest BCUT2D eigenvalue weighted by Gasteiger charge is 2.09. The number of aryl methyl sites for hydroxylation is 2. The smallest absolute Gasteiger partial charge is 0.123 e. The van der Waals surface area contributed by atoms with Crippen LogP contribution >= 0.6 is 0 Å². The fraction of sp³-hybridized carbons (Fsp3) is 0.486. The minimum absolute atomic E-state index is 0. The van der Waals surface area contributed by atoms with E-state index < -0.39 is 0 Å². The van der Waals surface area contributed by atoms with Crippen LogP contribution < -0.4 is 0 Å². The van der Waals surface area contributed by atoms with Crippen LogP contribution in [-0.2, 0) is 6.42 Å². The van der Waals surface area contributed by atoms with Gasteiger partial charge in [-0.2, -0.15) is 0 Å². The van der Waals surface area contributed by atoms with Gasteiger partial charge in [0.15, 0.2) is 0 Å². The molecular weight excluding hydrogens is 439 g/mol. The summed E-state index contributed by atoms with van der Waals surface area (Å²) < 4.78 is 12.9. The maximum atomic E-state index is 12.9. The van der Waals surface area contributed by atoms with Gasteiger partial charge in [-0.3, -0.25) is 0 Å². The van der Waals surface area contributed by atoms with E-state index in [4.69, 9.17) is 0 Å². The van der Waals surface area contributed by atoms with E-state index in [1.54, 1.807) is 12.1 Å². The van der Waals surface area contributed by atoms with E-state index in [9.17, 15) is 4.39 Å². The van der Waals surface area contributed by atoms with Crippen LogP contribution in [0.2, 0.25) is 0 Å². The Morgan fingerprint density at radius 2 is 1.06 bits per heavy atom. The molecule has 2 unspecified atom stereocenters. The van der Waals surface area contributed by atoms with E-state index in [1.165, 1.54) is 16.7 Å². The highest BCUT2D eigenvalue weighted by atomic mass is 19.1. The first kappa shape index (κ1) is 33.6. The first-order chi connectivity index (χ1) is 16.4. The summed E-state index contributed by atoms with van der Waals surface area (Å²) in [5.74, 6) is 3.28. The van der Waals surface area contributed by atoms with Gasteiger partial charge in [0.1, 0.15) is 5.82 Å². The molecule has 0 saturated heterocycles. The molecule has 0 aliphatic rings. The Hall–Kier alpha value is -2.41. The lowest BCUT2D eigenvalue weighted by Gasteiger charge is -2.15. The highest BCUT2D eigenvalue weighted by molar-refractivity contribution is 5.25. The molecule has 1 heteroatoms. The topological polar surface area (TPSA) is 0 Å². The molecule has 2 atom stereocenters. The summed E-state index contributed by atoms with van der Waals surface area (Å²) in [6.07, 6.45) is 0.957. The average molecular weight is 493 g/mol. The molecule has 0 saturated carbocycles. The molecule has 0 nitrogen and oxygen atoms in total. The Kier molecular flexibility index (Phi) is 16.0. The van der Waals surface area contributed by atoms with E-state index in [0.717, 1.165) is 29.4 Å². The largest absolute Gasteiger partial charge is 0.207 e. The molecule has 36 heavy (non-hydrogen) atoms. The second-order valence-electron chi connectivity index (χ2n) is 11.1. The predicted molar refractivity (Wildman–Crippen MR) is 161 cm³/mol. The van der Waals surface area contributed by atoms with Gasteiger partial charge in [0, 0.05) is 0 Å². The van der Waals surface area contributed by atoms with Gasteiger partial charge >= 0.3 is 0 Å². The Labute approximate surface area is 223 Å². The lowest BCUT2D eigenvalue weighted by atomic mass is 9.90. The van der Waals surface area contributed by atoms with Crippen LogP contribution in [0.5, 0.6) is 0 Å². The van der Waals surface area contributed by atoms with E-state index in [1.807, 2.05) is 13.0 Å². The molecule has 3 rings (SSSR count). The molecule has 0 aliphatic heterocycles. The summed E-state index contributed by atoms with van der Waals surface area (Å²) in [4.78, 5) is 0. The van der Waals surface area contributed by atoms with Gasteiger partial charge in [-0.25, -0.2) is 4.39 Å². The van der Waals surface area contributed by atoms with E-state index in [0.29, 0.717) is 17.8 Å². The lowest BCUT2D eigenvalue weighted by Crippen LogP contribution is -2.01. The minimum atomic E-state index is -0.120. The van der Waals surface area contributed by atoms with Crippen LogP contribution in [0.25, 0.3) is 0 Å². The summed E-state index contributed by atoms with van der Waals surface area (Å²) in [5.41, 5.74) is 6.35. The maximum absolute atomic E-state index is 12.9. The zero-order valence-electron chi connectivity index (χ0n) is 23.9. The maximum Gasteiger partial charge on any atom is 0.123 e. The van der Waals surface area contributed by atoms with Crippen molar-refractivity contribution in [2.45, 2.75) is 94.9 Å². The average Bonchev–Trinajstić information content (AvgIpc) is 2.79. The number of benzene rings is 3. The third kappa shape index (κ3) is 13.1. The molecule has 3 aromatic rings. The molecule has 0 aliphatic carbocycles. The molecule has 3 aromatic carbocycles. The highest BCUT2D eigenvalue weighted by Crippen LogP contribution is 2.24. The molecule has 0 aromatic heterocycles. The van der Waals surface area contributed by atoms with Gasteiger partial charge in [-0.1, -0.05) is 129 Å². The summed E-state index contributed by atoms with van der Waals surface area (Å²) >= 11 is 0. The second kappa shape index (κ2) is 17.1. The zero-order chi connectivity index (χ0) is 26.5. The van der Waals surface area contributed by atoms with Crippen molar-refractivity contribution in [3.8, 4) is 0 Å². The fourth-order valence-corrected chi connectivity index (χ4v) is 3.80. The van der Waals surface area contributed by atoms with Crippen molar-refractivity contribution in [3.63, 3.8) is 0 Å². The molecule has 0 amide bonds. The van der Waals surface area contributed by atoms with E-state index in [2.05, 4.69) is 117 Å². The molecular formula is C35H53F. The number of hydrogen-bond donors (Lipinski definition) is 0. The summed E-state index contributed by atoms with van der Waals surface area (Å²) in [5, 5.41) is 0.